The van der Waals surface area contributed by atoms with Crippen LogP contribution in [0, 0.1) is 0 Å². The van der Waals surface area contributed by atoms with Gasteiger partial charge in [-0.1, -0.05) is 12.1 Å². The fourth-order valence-electron chi connectivity index (χ4n) is 1.83. The number of pyridine rings is 1. The molecule has 0 unspecified atom stereocenters. The van der Waals surface area contributed by atoms with Crippen LogP contribution in [0.3, 0.4) is 0 Å². The molecule has 0 aromatic carbocycles. The van der Waals surface area contributed by atoms with Gasteiger partial charge in [0.1, 0.15) is 0 Å². The van der Waals surface area contributed by atoms with Gasteiger partial charge in [0.05, 0.1) is 17.1 Å². The molecule has 0 radical (unpaired) electrons. The van der Waals surface area contributed by atoms with Crippen LogP contribution in [0.5, 0.6) is 0 Å². The van der Waals surface area contributed by atoms with Crippen LogP contribution < -0.4 is 5.32 Å². The monoisotopic (exact) mass is 303 g/mol. The Labute approximate surface area is 127 Å². The van der Waals surface area contributed by atoms with E-state index >= 15 is 0 Å². The third-order valence-corrected chi connectivity index (χ3v) is 3.81. The first-order valence-electron chi connectivity index (χ1n) is 6.64. The third-order valence-electron chi connectivity index (χ3n) is 2.94. The first-order valence-corrected chi connectivity index (χ1v) is 7.52. The number of amides is 2. The summed E-state index contributed by atoms with van der Waals surface area (Å²) >= 11 is 1.40. The van der Waals surface area contributed by atoms with Crippen LogP contribution in [-0.2, 0) is 11.3 Å². The first kappa shape index (κ1) is 15.2. The van der Waals surface area contributed by atoms with Crippen molar-refractivity contribution < 1.29 is 9.59 Å². The Balaban J connectivity index is 1.83. The average molecular weight is 303 g/mol. The van der Waals surface area contributed by atoms with Gasteiger partial charge in [0.2, 0.25) is 5.91 Å². The Morgan fingerprint density at radius 2 is 2.14 bits per heavy atom. The molecule has 0 saturated carbocycles. The summed E-state index contributed by atoms with van der Waals surface area (Å²) in [7, 11) is 0. The number of hydrogen-bond acceptors (Lipinski definition) is 4. The van der Waals surface area contributed by atoms with E-state index in [1.165, 1.54) is 18.3 Å². The van der Waals surface area contributed by atoms with Crippen molar-refractivity contribution >= 4 is 23.2 Å². The summed E-state index contributed by atoms with van der Waals surface area (Å²) in [6.45, 7) is 2.85. The normalized spacial score (nSPS) is 10.1. The minimum atomic E-state index is -0.105. The summed E-state index contributed by atoms with van der Waals surface area (Å²) in [4.78, 5) is 30.0. The molecule has 110 valence electrons. The van der Waals surface area contributed by atoms with E-state index in [9.17, 15) is 9.59 Å². The quantitative estimate of drug-likeness (QED) is 0.887. The second kappa shape index (κ2) is 7.54. The van der Waals surface area contributed by atoms with Crippen LogP contribution in [0.1, 0.15) is 22.3 Å². The Morgan fingerprint density at radius 3 is 2.76 bits per heavy atom. The van der Waals surface area contributed by atoms with Crippen LogP contribution in [0.2, 0.25) is 0 Å². The van der Waals surface area contributed by atoms with Gasteiger partial charge in [-0.05, 0) is 23.6 Å². The zero-order valence-electron chi connectivity index (χ0n) is 11.8. The van der Waals surface area contributed by atoms with Gasteiger partial charge in [0.15, 0.2) is 0 Å². The van der Waals surface area contributed by atoms with Crippen molar-refractivity contribution in [3.63, 3.8) is 0 Å². The topological polar surface area (TPSA) is 62.3 Å². The minimum Gasteiger partial charge on any atom is -0.350 e. The Kier molecular flexibility index (Phi) is 5.45. The lowest BCUT2D eigenvalue weighted by Gasteiger charge is -2.20. The lowest BCUT2D eigenvalue weighted by atomic mass is 10.3. The predicted molar refractivity (Wildman–Crippen MR) is 82.0 cm³/mol. The average Bonchev–Trinajstić information content (AvgIpc) is 3.01. The molecule has 2 heterocycles. The zero-order chi connectivity index (χ0) is 15.1. The van der Waals surface area contributed by atoms with E-state index in [2.05, 4.69) is 10.3 Å². The zero-order valence-corrected chi connectivity index (χ0v) is 12.6. The maximum absolute atomic E-state index is 11.8. The second-order valence-electron chi connectivity index (χ2n) is 4.49. The van der Waals surface area contributed by atoms with Crippen LogP contribution >= 0.6 is 11.3 Å². The molecule has 2 aromatic heterocycles. The highest BCUT2D eigenvalue weighted by Gasteiger charge is 2.11. The molecular formula is C15H17N3O2S. The van der Waals surface area contributed by atoms with Crippen LogP contribution in [0.15, 0.2) is 41.9 Å². The number of nitrogens with zero attached hydrogens (tertiary/aromatic N) is 2. The van der Waals surface area contributed by atoms with Crippen molar-refractivity contribution in [3.05, 3.63) is 52.5 Å². The molecule has 0 fully saturated rings. The van der Waals surface area contributed by atoms with Crippen molar-refractivity contribution in [2.45, 2.75) is 13.5 Å². The lowest BCUT2D eigenvalue weighted by molar-refractivity contribution is -0.129. The van der Waals surface area contributed by atoms with Crippen LogP contribution in [0.25, 0.3) is 0 Å². The van der Waals surface area contributed by atoms with E-state index in [1.54, 1.807) is 17.2 Å². The van der Waals surface area contributed by atoms with Gasteiger partial charge in [-0.15, -0.1) is 11.3 Å². The highest BCUT2D eigenvalue weighted by atomic mass is 32.1. The number of nitrogens with one attached hydrogen (secondary N) is 1. The molecule has 5 nitrogen and oxygen atoms in total. The summed E-state index contributed by atoms with van der Waals surface area (Å²) in [5.41, 5.74) is 0.831. The summed E-state index contributed by atoms with van der Waals surface area (Å²) in [5.74, 6) is -0.141. The van der Waals surface area contributed by atoms with Crippen LogP contribution in [0.4, 0.5) is 0 Å². The van der Waals surface area contributed by atoms with Gasteiger partial charge in [-0.25, -0.2) is 0 Å². The van der Waals surface area contributed by atoms with E-state index in [4.69, 9.17) is 0 Å². The van der Waals surface area contributed by atoms with Crippen molar-refractivity contribution in [2.24, 2.45) is 0 Å². The van der Waals surface area contributed by atoms with Gasteiger partial charge in [0.25, 0.3) is 5.91 Å². The molecule has 6 heteroatoms. The minimum absolute atomic E-state index is 0.0361. The fourth-order valence-corrected chi connectivity index (χ4v) is 2.47. The number of aromatic nitrogens is 1. The number of rotatable bonds is 6. The van der Waals surface area contributed by atoms with E-state index < -0.39 is 0 Å². The molecule has 21 heavy (non-hydrogen) atoms. The van der Waals surface area contributed by atoms with Gasteiger partial charge in [-0.2, -0.15) is 0 Å². The van der Waals surface area contributed by atoms with Crippen molar-refractivity contribution in [1.82, 2.24) is 15.2 Å². The Hall–Kier alpha value is -2.21. The van der Waals surface area contributed by atoms with Crippen molar-refractivity contribution in [3.8, 4) is 0 Å². The van der Waals surface area contributed by atoms with E-state index in [0.29, 0.717) is 24.5 Å². The standard InChI is InChI=1S/C15H17N3O2S/c1-12(19)18(11-13-5-2-3-7-16-13)9-8-17-15(20)14-6-4-10-21-14/h2-7,10H,8-9,11H2,1H3,(H,17,20). The lowest BCUT2D eigenvalue weighted by Crippen LogP contribution is -2.37. The molecule has 2 amide bonds. The fraction of sp³-hybridized carbons (Fsp3) is 0.267. The van der Waals surface area contributed by atoms with E-state index in [0.717, 1.165) is 5.69 Å². The molecule has 0 aliphatic heterocycles. The highest BCUT2D eigenvalue weighted by Crippen LogP contribution is 2.07. The van der Waals surface area contributed by atoms with E-state index in [-0.39, 0.29) is 11.8 Å². The molecule has 0 bridgehead atoms. The van der Waals surface area contributed by atoms with Gasteiger partial charge >= 0.3 is 0 Å². The largest absolute Gasteiger partial charge is 0.350 e. The van der Waals surface area contributed by atoms with Crippen molar-refractivity contribution in [2.75, 3.05) is 13.1 Å². The number of thiophene rings is 1. The number of hydrogen-bond donors (Lipinski definition) is 1. The molecule has 2 rings (SSSR count). The summed E-state index contributed by atoms with van der Waals surface area (Å²) < 4.78 is 0. The molecule has 1 N–H and O–H groups in total. The summed E-state index contributed by atoms with van der Waals surface area (Å²) in [5, 5.41) is 4.67. The molecule has 0 saturated heterocycles. The van der Waals surface area contributed by atoms with Crippen molar-refractivity contribution in [1.29, 1.82) is 0 Å². The van der Waals surface area contributed by atoms with Gasteiger partial charge < -0.3 is 10.2 Å². The maximum atomic E-state index is 11.8. The number of carbonyl (C=O) groups is 2. The highest BCUT2D eigenvalue weighted by molar-refractivity contribution is 7.12. The smallest absolute Gasteiger partial charge is 0.261 e. The molecule has 0 aliphatic rings. The molecular weight excluding hydrogens is 286 g/mol. The third kappa shape index (κ3) is 4.68. The van der Waals surface area contributed by atoms with Gasteiger partial charge in [-0.3, -0.25) is 14.6 Å². The Morgan fingerprint density at radius 1 is 1.29 bits per heavy atom. The Bertz CT molecular complexity index is 584. The summed E-state index contributed by atoms with van der Waals surface area (Å²) in [6, 6.07) is 9.21. The summed E-state index contributed by atoms with van der Waals surface area (Å²) in [6.07, 6.45) is 1.70. The predicted octanol–water partition coefficient (Wildman–Crippen LogP) is 1.92. The second-order valence-corrected chi connectivity index (χ2v) is 5.44. The molecule has 0 spiro atoms. The SMILES string of the molecule is CC(=O)N(CCNC(=O)c1cccs1)Cc1ccccn1. The maximum Gasteiger partial charge on any atom is 0.261 e. The molecule has 0 aliphatic carbocycles. The van der Waals surface area contributed by atoms with Crippen LogP contribution in [-0.4, -0.2) is 34.8 Å². The van der Waals surface area contributed by atoms with Gasteiger partial charge in [0, 0.05) is 26.2 Å². The first-order chi connectivity index (χ1) is 10.2. The molecule has 0 atom stereocenters. The van der Waals surface area contributed by atoms with E-state index in [1.807, 2.05) is 29.6 Å². The molecule has 2 aromatic rings. The number of carbonyl (C=O) groups excluding carboxylic acids is 2.